The molecule has 0 aromatic carbocycles. The van der Waals surface area contributed by atoms with Gasteiger partial charge in [-0.25, -0.2) is 9.97 Å². The summed E-state index contributed by atoms with van der Waals surface area (Å²) in [6.45, 7) is 6.18. The number of hydrogen-bond acceptors (Lipinski definition) is 7. The highest BCUT2D eigenvalue weighted by molar-refractivity contribution is 7.63. The number of ether oxygens (including phenoxy) is 1. The molecule has 8 nitrogen and oxygen atoms in total. The third-order valence-corrected chi connectivity index (χ3v) is 5.83. The molecule has 0 saturated carbocycles. The predicted octanol–water partition coefficient (Wildman–Crippen LogP) is 3.17. The molecule has 3 N–H and O–H groups in total. The molecule has 3 heterocycles. The number of hydrogen-bond donors (Lipinski definition) is 2. The smallest absolute Gasteiger partial charge is 0.173 e. The number of nitrogens with two attached hydrogens (primary N) is 1. The number of nitrogens with one attached hydrogen (secondary N) is 1. The van der Waals surface area contributed by atoms with Crippen molar-refractivity contribution in [1.29, 1.82) is 0 Å². The third-order valence-electron chi connectivity index (χ3n) is 4.50. The van der Waals surface area contributed by atoms with E-state index in [0.717, 1.165) is 11.3 Å². The first-order valence-electron chi connectivity index (χ1n) is 9.16. The lowest BCUT2D eigenvalue weighted by Gasteiger charge is -2.15. The third kappa shape index (κ3) is 4.22. The maximum absolute atomic E-state index is 12.3. The van der Waals surface area contributed by atoms with Crippen LogP contribution in [-0.4, -0.2) is 46.0 Å². The number of ketones is 1. The minimum Gasteiger partial charge on any atom is -0.492 e. The van der Waals surface area contributed by atoms with Crippen molar-refractivity contribution in [2.45, 2.75) is 13.3 Å². The maximum atomic E-state index is 12.3. The highest BCUT2D eigenvalue weighted by atomic mass is 31.1. The van der Waals surface area contributed by atoms with Gasteiger partial charge in [-0.1, -0.05) is 14.8 Å². The van der Waals surface area contributed by atoms with E-state index in [9.17, 15) is 4.79 Å². The number of carbonyl (C=O) groups excluding carboxylic acids is 1. The average molecular weight is 412 g/mol. The highest BCUT2D eigenvalue weighted by Crippen LogP contribution is 2.37. The topological polar surface area (TPSA) is 108 Å². The molecule has 3 aromatic rings. The maximum Gasteiger partial charge on any atom is 0.173 e. The SMILES string of the molecule is CCC(=O)c1cnc(N)cc1Nc1nccc(-c2cc(P(C)C)n(C)n2)c1OC. The number of aromatic nitrogens is 4. The van der Waals surface area contributed by atoms with Gasteiger partial charge >= 0.3 is 0 Å². The lowest BCUT2D eigenvalue weighted by Crippen LogP contribution is -2.10. The van der Waals surface area contributed by atoms with Gasteiger partial charge in [0, 0.05) is 37.5 Å². The van der Waals surface area contributed by atoms with Gasteiger partial charge in [-0.2, -0.15) is 5.10 Å². The van der Waals surface area contributed by atoms with Crippen molar-refractivity contribution < 1.29 is 9.53 Å². The Labute approximate surface area is 171 Å². The molecule has 0 fully saturated rings. The van der Waals surface area contributed by atoms with Gasteiger partial charge in [-0.15, -0.1) is 0 Å². The fourth-order valence-electron chi connectivity index (χ4n) is 3.07. The van der Waals surface area contributed by atoms with E-state index in [4.69, 9.17) is 10.5 Å². The molecule has 3 rings (SSSR count). The molecule has 0 saturated heterocycles. The van der Waals surface area contributed by atoms with Crippen molar-refractivity contribution in [3.63, 3.8) is 0 Å². The van der Waals surface area contributed by atoms with Crippen molar-refractivity contribution >= 4 is 36.5 Å². The minimum atomic E-state index is -0.295. The summed E-state index contributed by atoms with van der Waals surface area (Å²) in [6, 6.07) is 5.56. The van der Waals surface area contributed by atoms with Crippen molar-refractivity contribution in [1.82, 2.24) is 19.7 Å². The zero-order valence-corrected chi connectivity index (χ0v) is 18.1. The van der Waals surface area contributed by atoms with Gasteiger partial charge in [0.1, 0.15) is 5.82 Å². The molecular formula is C20H25N6O2P. The van der Waals surface area contributed by atoms with Gasteiger partial charge in [-0.05, 0) is 25.5 Å². The monoisotopic (exact) mass is 412 g/mol. The molecule has 0 aliphatic heterocycles. The Morgan fingerprint density at radius 2 is 2.07 bits per heavy atom. The van der Waals surface area contributed by atoms with Gasteiger partial charge in [-0.3, -0.25) is 9.48 Å². The summed E-state index contributed by atoms with van der Waals surface area (Å²) in [4.78, 5) is 20.8. The highest BCUT2D eigenvalue weighted by Gasteiger charge is 2.19. The van der Waals surface area contributed by atoms with E-state index < -0.39 is 0 Å². The van der Waals surface area contributed by atoms with Crippen LogP contribution in [0.15, 0.2) is 30.6 Å². The van der Waals surface area contributed by atoms with Crippen LogP contribution in [0, 0.1) is 0 Å². The lowest BCUT2D eigenvalue weighted by atomic mass is 10.1. The Kier molecular flexibility index (Phi) is 6.13. The Hall–Kier alpha value is -2.99. The second-order valence-corrected chi connectivity index (χ2v) is 8.95. The number of rotatable bonds is 7. The van der Waals surface area contributed by atoms with Gasteiger partial charge in [0.25, 0.3) is 0 Å². The van der Waals surface area contributed by atoms with E-state index in [1.54, 1.807) is 26.3 Å². The molecule has 9 heteroatoms. The number of carbonyl (C=O) groups is 1. The van der Waals surface area contributed by atoms with Gasteiger partial charge in [0.2, 0.25) is 0 Å². The number of pyridine rings is 2. The summed E-state index contributed by atoms with van der Waals surface area (Å²) in [7, 11) is 3.23. The summed E-state index contributed by atoms with van der Waals surface area (Å²) in [6.07, 6.45) is 3.52. The lowest BCUT2D eigenvalue weighted by molar-refractivity contribution is 0.0988. The molecule has 0 amide bonds. The van der Waals surface area contributed by atoms with Crippen LogP contribution in [-0.2, 0) is 7.05 Å². The quantitative estimate of drug-likeness (QED) is 0.453. The average Bonchev–Trinajstić information content (AvgIpc) is 3.09. The van der Waals surface area contributed by atoms with Gasteiger partial charge < -0.3 is 15.8 Å². The van der Waals surface area contributed by atoms with Crippen LogP contribution >= 0.6 is 7.92 Å². The molecule has 0 radical (unpaired) electrons. The normalized spacial score (nSPS) is 11.0. The first kappa shape index (κ1) is 20.7. The number of methoxy groups -OCH3 is 1. The summed E-state index contributed by atoms with van der Waals surface area (Å²) in [5, 5.41) is 7.84. The number of Topliss-reactive ketones (excluding diaryl/α,β-unsaturated/α-hetero) is 1. The fraction of sp³-hybridized carbons (Fsp3) is 0.300. The molecule has 0 spiro atoms. The summed E-state index contributed by atoms with van der Waals surface area (Å²) < 4.78 is 7.57. The number of nitrogen functional groups attached to an aromatic ring is 1. The number of aryl methyl sites for hydroxylation is 1. The van der Waals surface area contributed by atoms with Crippen LogP contribution in [0.4, 0.5) is 17.3 Å². The van der Waals surface area contributed by atoms with Crippen molar-refractivity contribution in [3.8, 4) is 17.0 Å². The first-order valence-corrected chi connectivity index (χ1v) is 11.4. The zero-order chi connectivity index (χ0) is 21.1. The van der Waals surface area contributed by atoms with Crippen LogP contribution in [0.3, 0.4) is 0 Å². The second kappa shape index (κ2) is 8.57. The van der Waals surface area contributed by atoms with Crippen LogP contribution in [0.25, 0.3) is 11.3 Å². The predicted molar refractivity (Wildman–Crippen MR) is 118 cm³/mol. The van der Waals surface area contributed by atoms with Crippen LogP contribution in [0.5, 0.6) is 5.75 Å². The zero-order valence-electron chi connectivity index (χ0n) is 17.2. The van der Waals surface area contributed by atoms with Crippen molar-refractivity contribution in [2.24, 2.45) is 7.05 Å². The van der Waals surface area contributed by atoms with E-state index >= 15 is 0 Å². The Morgan fingerprint density at radius 1 is 1.31 bits per heavy atom. The molecule has 152 valence electrons. The molecule has 0 bridgehead atoms. The van der Waals surface area contributed by atoms with E-state index in [-0.39, 0.29) is 13.7 Å². The van der Waals surface area contributed by atoms with E-state index in [1.807, 2.05) is 17.8 Å². The summed E-state index contributed by atoms with van der Waals surface area (Å²) in [5.74, 6) is 1.29. The largest absolute Gasteiger partial charge is 0.492 e. The molecule has 29 heavy (non-hydrogen) atoms. The van der Waals surface area contributed by atoms with E-state index in [1.165, 1.54) is 11.6 Å². The van der Waals surface area contributed by atoms with Crippen LogP contribution in [0.1, 0.15) is 23.7 Å². The minimum absolute atomic E-state index is 0.0382. The molecular weight excluding hydrogens is 387 g/mol. The van der Waals surface area contributed by atoms with Crippen molar-refractivity contribution in [2.75, 3.05) is 31.5 Å². The number of anilines is 3. The fourth-order valence-corrected chi connectivity index (χ4v) is 4.07. The summed E-state index contributed by atoms with van der Waals surface area (Å²) in [5.41, 5.74) is 9.64. The molecule has 0 aliphatic carbocycles. The molecule has 3 aromatic heterocycles. The summed E-state index contributed by atoms with van der Waals surface area (Å²) >= 11 is 0. The van der Waals surface area contributed by atoms with Gasteiger partial charge in [0.05, 0.1) is 29.5 Å². The molecule has 0 atom stereocenters. The second-order valence-electron chi connectivity index (χ2n) is 6.70. The Morgan fingerprint density at radius 3 is 2.69 bits per heavy atom. The van der Waals surface area contributed by atoms with Crippen LogP contribution < -0.4 is 21.2 Å². The number of nitrogens with zero attached hydrogens (tertiary/aromatic N) is 4. The Bertz CT molecular complexity index is 1050. The van der Waals surface area contributed by atoms with E-state index in [2.05, 4.69) is 39.8 Å². The Balaban J connectivity index is 2.07. The van der Waals surface area contributed by atoms with E-state index in [0.29, 0.717) is 35.1 Å². The van der Waals surface area contributed by atoms with Crippen molar-refractivity contribution in [3.05, 3.63) is 36.2 Å². The first-order chi connectivity index (χ1) is 13.8. The molecule has 0 aliphatic rings. The standard InChI is InChI=1S/C20H25N6O2P/c1-6-16(27)13-11-23-17(21)9-14(13)24-20-19(28-3)12(7-8-22-20)15-10-18(29(4)5)26(2)25-15/h7-11H,6H2,1-5H3,(H3,21,22,23,24). The molecule has 0 unspecified atom stereocenters. The van der Waals surface area contributed by atoms with Gasteiger partial charge in [0.15, 0.2) is 17.4 Å². The van der Waals surface area contributed by atoms with Crippen LogP contribution in [0.2, 0.25) is 0 Å².